The first-order valence-corrected chi connectivity index (χ1v) is 3.70. The maximum absolute atomic E-state index is 3.42. The van der Waals surface area contributed by atoms with E-state index in [2.05, 4.69) is 18.8 Å². The Balaban J connectivity index is 0. The minimum absolute atomic E-state index is 1.07. The van der Waals surface area contributed by atoms with Gasteiger partial charge in [0.2, 0.25) is 0 Å². The molecule has 0 spiro atoms. The lowest BCUT2D eigenvalue weighted by atomic mass is 10.8. The van der Waals surface area contributed by atoms with Crippen molar-refractivity contribution in [3.05, 3.63) is 12.3 Å². The Bertz CT molecular complexity index is 27.3. The molecule has 0 radical (unpaired) electrons. The van der Waals surface area contributed by atoms with Crippen molar-refractivity contribution in [3.63, 3.8) is 0 Å². The van der Waals surface area contributed by atoms with Crippen LogP contribution in [0.15, 0.2) is 12.3 Å². The molecule has 44 valence electrons. The van der Waals surface area contributed by atoms with Gasteiger partial charge in [-0.15, -0.1) is 12.3 Å². The molecule has 0 unspecified atom stereocenters. The summed E-state index contributed by atoms with van der Waals surface area (Å²) >= 11 is 0. The number of hydrogen-bond donors (Lipinski definition) is 1. The maximum Gasteiger partial charge on any atom is 0.0283 e. The van der Waals surface area contributed by atoms with E-state index in [1.54, 1.807) is 0 Å². The van der Waals surface area contributed by atoms with Crippen LogP contribution in [0, 0.1) is 0 Å². The Kier molecular flexibility index (Phi) is 24.1. The summed E-state index contributed by atoms with van der Waals surface area (Å²) in [5.74, 6) is 0. The van der Waals surface area contributed by atoms with Crippen molar-refractivity contribution in [2.75, 3.05) is 13.6 Å². The van der Waals surface area contributed by atoms with Crippen LogP contribution in [0.3, 0.4) is 0 Å². The van der Waals surface area contributed by atoms with Crippen molar-refractivity contribution < 1.29 is 0 Å². The summed E-state index contributed by atoms with van der Waals surface area (Å²) in [6, 6.07) is 0. The van der Waals surface area contributed by atoms with Crippen LogP contribution in [0.2, 0.25) is 0 Å². The molecule has 1 nitrogen and oxygen atoms in total. The Hall–Kier alpha value is -0.0831. The normalized spacial score (nSPS) is 6.57. The third-order valence-electron chi connectivity index (χ3n) is 0.354. The topological polar surface area (TPSA) is 12.0 Å². The first-order chi connectivity index (χ1) is 3.33. The van der Waals surface area contributed by atoms with E-state index in [9.17, 15) is 0 Å². The molecule has 0 aliphatic rings. The van der Waals surface area contributed by atoms with Crippen LogP contribution in [0.4, 0.5) is 0 Å². The molecule has 0 aromatic rings. The van der Waals surface area contributed by atoms with Gasteiger partial charge in [0, 0.05) is 10.2 Å². The Morgan fingerprint density at radius 1 is 1.86 bits per heavy atom. The third kappa shape index (κ3) is 108. The Morgan fingerprint density at radius 3 is 2.00 bits per heavy atom. The number of hydrogen-bond acceptors (Lipinski definition) is 1. The van der Waals surface area contributed by atoms with E-state index < -0.39 is 0 Å². The fraction of sp³-hybridized carbons (Fsp3) is 0.600. The molecule has 0 rings (SSSR count). The van der Waals surface area contributed by atoms with Gasteiger partial charge in [0.05, 0.1) is 0 Å². The largest absolute Gasteiger partial charge is 0.320 e. The van der Waals surface area contributed by atoms with Gasteiger partial charge in [-0.1, -0.05) is 6.92 Å². The zero-order chi connectivity index (χ0) is 6.12. The highest BCUT2D eigenvalue weighted by molar-refractivity contribution is 6.16. The molecule has 0 aromatic carbocycles. The molecular formula is C5H15NSi. The van der Waals surface area contributed by atoms with Gasteiger partial charge >= 0.3 is 0 Å². The summed E-state index contributed by atoms with van der Waals surface area (Å²) < 4.78 is 0. The van der Waals surface area contributed by atoms with Crippen molar-refractivity contribution >= 4 is 10.2 Å². The van der Waals surface area contributed by atoms with Crippen LogP contribution < -0.4 is 5.32 Å². The van der Waals surface area contributed by atoms with Crippen LogP contribution in [0.25, 0.3) is 0 Å². The van der Waals surface area contributed by atoms with Crippen molar-refractivity contribution in [2.24, 2.45) is 0 Å². The third-order valence-corrected chi connectivity index (χ3v) is 0.354. The SMILES string of the molecule is C=C[SiH3].CCNC. The molecule has 7 heavy (non-hydrogen) atoms. The summed E-state index contributed by atoms with van der Waals surface area (Å²) in [6.45, 7) is 6.56. The quantitative estimate of drug-likeness (QED) is 0.466. The molecule has 0 saturated carbocycles. The number of nitrogens with one attached hydrogen (secondary N) is 1. The summed E-state index contributed by atoms with van der Waals surface area (Å²) in [5.41, 5.74) is 1.89. The molecular weight excluding hydrogens is 102 g/mol. The minimum atomic E-state index is 1.07. The highest BCUT2D eigenvalue weighted by Gasteiger charge is 1.50. The monoisotopic (exact) mass is 117 g/mol. The number of rotatable bonds is 1. The Morgan fingerprint density at radius 2 is 2.00 bits per heavy atom. The van der Waals surface area contributed by atoms with E-state index >= 15 is 0 Å². The first-order valence-electron chi connectivity index (χ1n) is 2.55. The van der Waals surface area contributed by atoms with Gasteiger partial charge in [-0.05, 0) is 13.6 Å². The van der Waals surface area contributed by atoms with E-state index in [0.29, 0.717) is 0 Å². The zero-order valence-corrected chi connectivity index (χ0v) is 7.49. The summed E-state index contributed by atoms with van der Waals surface area (Å²) in [4.78, 5) is 0. The predicted molar refractivity (Wildman–Crippen MR) is 39.7 cm³/mol. The van der Waals surface area contributed by atoms with Crippen LogP contribution >= 0.6 is 0 Å². The van der Waals surface area contributed by atoms with Crippen LogP contribution in [0.1, 0.15) is 6.92 Å². The second-order valence-corrected chi connectivity index (χ2v) is 1.93. The standard InChI is InChI=1S/C3H9N.C2H6Si/c1-3-4-2;1-2-3/h4H,3H2,1-2H3;2H,1H2,3H3. The average molecular weight is 117 g/mol. The molecule has 0 fully saturated rings. The molecule has 0 saturated heterocycles. The van der Waals surface area contributed by atoms with Gasteiger partial charge in [0.25, 0.3) is 0 Å². The molecule has 0 bridgehead atoms. The lowest BCUT2D eigenvalue weighted by molar-refractivity contribution is 0.864. The molecule has 1 N–H and O–H groups in total. The van der Waals surface area contributed by atoms with Gasteiger partial charge in [-0.25, -0.2) is 0 Å². The second-order valence-electron chi connectivity index (χ2n) is 1.12. The van der Waals surface area contributed by atoms with Crippen molar-refractivity contribution in [2.45, 2.75) is 6.92 Å². The predicted octanol–water partition coefficient (Wildman–Crippen LogP) is -0.279. The second kappa shape index (κ2) is 16.8. The highest BCUT2D eigenvalue weighted by atomic mass is 28.1. The lowest BCUT2D eigenvalue weighted by Crippen LogP contribution is -2.01. The van der Waals surface area contributed by atoms with Crippen LogP contribution in [-0.2, 0) is 0 Å². The van der Waals surface area contributed by atoms with Crippen LogP contribution in [0.5, 0.6) is 0 Å². The molecule has 0 atom stereocenters. The van der Waals surface area contributed by atoms with E-state index in [0.717, 1.165) is 16.8 Å². The van der Waals surface area contributed by atoms with Crippen LogP contribution in [-0.4, -0.2) is 23.8 Å². The summed E-state index contributed by atoms with van der Waals surface area (Å²) in [7, 11) is 3.06. The van der Waals surface area contributed by atoms with Gasteiger partial charge in [0.15, 0.2) is 0 Å². The average Bonchev–Trinajstić information content (AvgIpc) is 1.69. The fourth-order valence-corrected chi connectivity index (χ4v) is 0. The zero-order valence-electron chi connectivity index (χ0n) is 5.49. The smallest absolute Gasteiger partial charge is 0.0283 e. The van der Waals surface area contributed by atoms with Gasteiger partial charge < -0.3 is 5.32 Å². The molecule has 0 heterocycles. The van der Waals surface area contributed by atoms with E-state index in [1.807, 2.05) is 12.7 Å². The first kappa shape index (κ1) is 10.0. The van der Waals surface area contributed by atoms with Gasteiger partial charge in [-0.2, -0.15) is 0 Å². The highest BCUT2D eigenvalue weighted by Crippen LogP contribution is 1.34. The molecule has 2 heteroatoms. The molecule has 0 aliphatic carbocycles. The lowest BCUT2D eigenvalue weighted by Gasteiger charge is -1.76. The molecule has 0 aromatic heterocycles. The van der Waals surface area contributed by atoms with E-state index in [-0.39, 0.29) is 0 Å². The van der Waals surface area contributed by atoms with E-state index in [4.69, 9.17) is 0 Å². The van der Waals surface area contributed by atoms with Gasteiger partial charge in [0.1, 0.15) is 0 Å². The maximum atomic E-state index is 3.42. The fourth-order valence-electron chi connectivity index (χ4n) is 0. The minimum Gasteiger partial charge on any atom is -0.320 e. The van der Waals surface area contributed by atoms with Crippen molar-refractivity contribution in [3.8, 4) is 0 Å². The summed E-state index contributed by atoms with van der Waals surface area (Å²) in [6.07, 6.45) is 0. The molecule has 0 amide bonds. The molecule has 0 aliphatic heterocycles. The van der Waals surface area contributed by atoms with Crippen molar-refractivity contribution in [1.29, 1.82) is 0 Å². The van der Waals surface area contributed by atoms with E-state index in [1.165, 1.54) is 0 Å². The van der Waals surface area contributed by atoms with Crippen molar-refractivity contribution in [1.82, 2.24) is 5.32 Å². The van der Waals surface area contributed by atoms with Gasteiger partial charge in [-0.3, -0.25) is 0 Å². The summed E-state index contributed by atoms with van der Waals surface area (Å²) in [5, 5.41) is 2.93. The Labute approximate surface area is 49.2 Å².